The topological polar surface area (TPSA) is 46.6 Å². The van der Waals surface area contributed by atoms with Crippen LogP contribution in [-0.2, 0) is 14.8 Å². The summed E-state index contributed by atoms with van der Waals surface area (Å²) in [6, 6.07) is 0.00970. The third-order valence-electron chi connectivity index (χ3n) is 2.49. The van der Waals surface area contributed by atoms with Gasteiger partial charge >= 0.3 is 0 Å². The number of rotatable bonds is 9. The first-order valence-corrected chi connectivity index (χ1v) is 7.68. The Bertz CT molecular complexity index is 269. The first-order valence-electron chi connectivity index (χ1n) is 5.54. The Hall–Kier alpha value is 0.160. The lowest BCUT2D eigenvalue weighted by Gasteiger charge is -2.27. The molecule has 0 aliphatic carbocycles. The summed E-state index contributed by atoms with van der Waals surface area (Å²) in [5, 5.41) is 0. The summed E-state index contributed by atoms with van der Waals surface area (Å²) < 4.78 is 30.5. The summed E-state index contributed by atoms with van der Waals surface area (Å²) >= 11 is 5.52. The fourth-order valence-electron chi connectivity index (χ4n) is 1.37. The molecule has 0 aromatic carbocycles. The highest BCUT2D eigenvalue weighted by molar-refractivity contribution is 7.89. The van der Waals surface area contributed by atoms with E-state index in [1.165, 1.54) is 4.31 Å². The lowest BCUT2D eigenvalue weighted by molar-refractivity contribution is 0.167. The summed E-state index contributed by atoms with van der Waals surface area (Å²) in [6.45, 7) is 4.72. The second-order valence-electron chi connectivity index (χ2n) is 3.72. The second kappa shape index (κ2) is 8.28. The molecule has 0 spiro atoms. The van der Waals surface area contributed by atoms with Crippen LogP contribution in [0.25, 0.3) is 0 Å². The van der Waals surface area contributed by atoms with Crippen molar-refractivity contribution >= 4 is 21.6 Å². The predicted molar refractivity (Wildman–Crippen MR) is 67.5 cm³/mol. The normalized spacial score (nSPS) is 14.3. The van der Waals surface area contributed by atoms with Gasteiger partial charge in [-0.1, -0.05) is 6.92 Å². The van der Waals surface area contributed by atoms with E-state index in [-0.39, 0.29) is 11.8 Å². The van der Waals surface area contributed by atoms with Crippen LogP contribution in [0.2, 0.25) is 0 Å². The summed E-state index contributed by atoms with van der Waals surface area (Å²) in [7, 11) is -1.63. The molecule has 0 saturated heterocycles. The molecular formula is C10H22ClNO3S. The first kappa shape index (κ1) is 16.2. The van der Waals surface area contributed by atoms with Crippen molar-refractivity contribution in [2.75, 3.05) is 31.9 Å². The second-order valence-corrected chi connectivity index (χ2v) is 6.14. The lowest BCUT2D eigenvalue weighted by atomic mass is 10.3. The number of hydrogen-bond donors (Lipinski definition) is 0. The molecule has 0 rings (SSSR count). The van der Waals surface area contributed by atoms with E-state index in [1.54, 1.807) is 7.11 Å². The summed E-state index contributed by atoms with van der Waals surface area (Å²) in [4.78, 5) is 0. The van der Waals surface area contributed by atoms with Gasteiger partial charge in [0.25, 0.3) is 0 Å². The van der Waals surface area contributed by atoms with Gasteiger partial charge in [0.1, 0.15) is 0 Å². The zero-order valence-electron chi connectivity index (χ0n) is 10.3. The highest BCUT2D eigenvalue weighted by Crippen LogP contribution is 2.11. The van der Waals surface area contributed by atoms with Gasteiger partial charge < -0.3 is 4.74 Å². The van der Waals surface area contributed by atoms with E-state index in [9.17, 15) is 8.42 Å². The molecule has 0 N–H and O–H groups in total. The van der Waals surface area contributed by atoms with Crippen LogP contribution in [0.1, 0.15) is 26.7 Å². The number of nitrogens with zero attached hydrogens (tertiary/aromatic N) is 1. The van der Waals surface area contributed by atoms with Gasteiger partial charge in [0.05, 0.1) is 12.4 Å². The third kappa shape index (κ3) is 5.48. The highest BCUT2D eigenvalue weighted by atomic mass is 35.5. The maximum Gasteiger partial charge on any atom is 0.214 e. The number of methoxy groups -OCH3 is 1. The van der Waals surface area contributed by atoms with Gasteiger partial charge in [0.15, 0.2) is 0 Å². The predicted octanol–water partition coefficient (Wildman–Crippen LogP) is 1.69. The Kier molecular flexibility index (Phi) is 8.36. The van der Waals surface area contributed by atoms with Crippen LogP contribution in [0.5, 0.6) is 0 Å². The van der Waals surface area contributed by atoms with Gasteiger partial charge in [0.2, 0.25) is 10.0 Å². The molecule has 0 aliphatic rings. The van der Waals surface area contributed by atoms with Crippen molar-refractivity contribution in [3.63, 3.8) is 0 Å². The molecule has 1 atom stereocenters. The van der Waals surface area contributed by atoms with Crippen molar-refractivity contribution < 1.29 is 13.2 Å². The number of hydrogen-bond acceptors (Lipinski definition) is 3. The molecular weight excluding hydrogens is 250 g/mol. The number of sulfonamides is 1. The van der Waals surface area contributed by atoms with Crippen LogP contribution in [0, 0.1) is 0 Å². The van der Waals surface area contributed by atoms with Crippen molar-refractivity contribution in [3.8, 4) is 0 Å². The zero-order valence-corrected chi connectivity index (χ0v) is 11.9. The fraction of sp³-hybridized carbons (Fsp3) is 1.00. The van der Waals surface area contributed by atoms with E-state index in [4.69, 9.17) is 16.3 Å². The first-order chi connectivity index (χ1) is 7.49. The summed E-state index contributed by atoms with van der Waals surface area (Å²) in [5.74, 6) is 0.489. The molecule has 0 saturated carbocycles. The van der Waals surface area contributed by atoms with Crippen LogP contribution >= 0.6 is 11.6 Å². The van der Waals surface area contributed by atoms with Crippen molar-refractivity contribution in [3.05, 3.63) is 0 Å². The molecule has 4 nitrogen and oxygen atoms in total. The molecule has 0 heterocycles. The quantitative estimate of drug-likeness (QED) is 0.600. The number of ether oxygens (including phenoxy) is 1. The van der Waals surface area contributed by atoms with Gasteiger partial charge in [0, 0.05) is 25.6 Å². The van der Waals surface area contributed by atoms with Crippen LogP contribution in [-0.4, -0.2) is 50.7 Å². The minimum Gasteiger partial charge on any atom is -0.383 e. The molecule has 0 bridgehead atoms. The van der Waals surface area contributed by atoms with Crippen LogP contribution in [0.15, 0.2) is 0 Å². The summed E-state index contributed by atoms with van der Waals surface area (Å²) in [5.41, 5.74) is 0. The monoisotopic (exact) mass is 271 g/mol. The molecule has 0 amide bonds. The van der Waals surface area contributed by atoms with Crippen LogP contribution in [0.4, 0.5) is 0 Å². The number of halogens is 1. The van der Waals surface area contributed by atoms with Gasteiger partial charge in [-0.15, -0.1) is 11.6 Å². The molecule has 0 fully saturated rings. The van der Waals surface area contributed by atoms with Crippen molar-refractivity contribution in [2.24, 2.45) is 0 Å². The number of alkyl halides is 1. The van der Waals surface area contributed by atoms with E-state index in [1.807, 2.05) is 13.8 Å². The standard InChI is InChI=1S/C10H22ClNO3S/c1-4-10(2)12(7-8-15-3)16(13,14)9-5-6-11/h10H,4-9H2,1-3H3. The van der Waals surface area contributed by atoms with E-state index in [0.29, 0.717) is 25.5 Å². The SMILES string of the molecule is CCC(C)N(CCOC)S(=O)(=O)CCCCl. The maximum atomic E-state index is 12.0. The largest absolute Gasteiger partial charge is 0.383 e. The smallest absolute Gasteiger partial charge is 0.214 e. The van der Waals surface area contributed by atoms with Crippen molar-refractivity contribution in [1.29, 1.82) is 0 Å². The van der Waals surface area contributed by atoms with Gasteiger partial charge in [-0.25, -0.2) is 8.42 Å². The minimum absolute atomic E-state index is 0.00970. The summed E-state index contributed by atoms with van der Waals surface area (Å²) in [6.07, 6.45) is 1.29. The lowest BCUT2D eigenvalue weighted by Crippen LogP contribution is -2.41. The molecule has 0 aliphatic heterocycles. The molecule has 16 heavy (non-hydrogen) atoms. The minimum atomic E-state index is -3.20. The average molecular weight is 272 g/mol. The molecule has 0 radical (unpaired) electrons. The molecule has 1 unspecified atom stereocenters. The third-order valence-corrected chi connectivity index (χ3v) is 4.82. The van der Waals surface area contributed by atoms with Gasteiger partial charge in [-0.2, -0.15) is 4.31 Å². The van der Waals surface area contributed by atoms with Crippen LogP contribution in [0.3, 0.4) is 0 Å². The van der Waals surface area contributed by atoms with Gasteiger partial charge in [-0.3, -0.25) is 0 Å². The van der Waals surface area contributed by atoms with E-state index in [2.05, 4.69) is 0 Å². The Morgan fingerprint density at radius 1 is 1.44 bits per heavy atom. The average Bonchev–Trinajstić information content (AvgIpc) is 2.26. The Morgan fingerprint density at radius 2 is 2.06 bits per heavy atom. The molecule has 98 valence electrons. The van der Waals surface area contributed by atoms with Crippen molar-refractivity contribution in [1.82, 2.24) is 4.31 Å². The Labute approximate surface area is 104 Å². The van der Waals surface area contributed by atoms with Gasteiger partial charge in [-0.05, 0) is 19.8 Å². The molecule has 0 aromatic rings. The fourth-order valence-corrected chi connectivity index (χ4v) is 3.46. The molecule has 0 aromatic heterocycles. The Morgan fingerprint density at radius 3 is 2.50 bits per heavy atom. The zero-order chi connectivity index (χ0) is 12.6. The van der Waals surface area contributed by atoms with E-state index < -0.39 is 10.0 Å². The molecule has 6 heteroatoms. The highest BCUT2D eigenvalue weighted by Gasteiger charge is 2.25. The van der Waals surface area contributed by atoms with Crippen LogP contribution < -0.4 is 0 Å². The van der Waals surface area contributed by atoms with E-state index >= 15 is 0 Å². The Balaban J connectivity index is 4.59. The van der Waals surface area contributed by atoms with Crippen molar-refractivity contribution in [2.45, 2.75) is 32.7 Å². The maximum absolute atomic E-state index is 12.0. The van der Waals surface area contributed by atoms with E-state index in [0.717, 1.165) is 6.42 Å².